The van der Waals surface area contributed by atoms with Gasteiger partial charge in [0.15, 0.2) is 0 Å². The lowest BCUT2D eigenvalue weighted by atomic mass is 10.1. The van der Waals surface area contributed by atoms with Gasteiger partial charge in [0, 0.05) is 18.0 Å². The Morgan fingerprint density at radius 1 is 1.00 bits per heavy atom. The van der Waals surface area contributed by atoms with Gasteiger partial charge < -0.3 is 10.6 Å². The van der Waals surface area contributed by atoms with Gasteiger partial charge in [-0.3, -0.25) is 9.59 Å². The number of benzene rings is 2. The van der Waals surface area contributed by atoms with E-state index in [0.717, 1.165) is 11.1 Å². The first kappa shape index (κ1) is 18.0. The predicted molar refractivity (Wildman–Crippen MR) is 95.8 cm³/mol. The Balaban J connectivity index is 1.71. The molecule has 1 unspecified atom stereocenters. The standard InChI is InChI=1S/C19H21ClN2O2/c1-14(16-9-5-6-10-17(16)20)22-18(23)11-12-21-19(24)13-15-7-3-2-4-8-15/h2-10,14H,11-13H2,1H3,(H,21,24)(H,22,23). The monoisotopic (exact) mass is 344 g/mol. The van der Waals surface area contributed by atoms with Crippen LogP contribution in [0, 0.1) is 0 Å². The summed E-state index contributed by atoms with van der Waals surface area (Å²) in [5.74, 6) is -0.212. The smallest absolute Gasteiger partial charge is 0.224 e. The van der Waals surface area contributed by atoms with Crippen molar-refractivity contribution in [1.29, 1.82) is 0 Å². The maximum atomic E-state index is 12.0. The Bertz CT molecular complexity index is 689. The Morgan fingerprint density at radius 3 is 2.38 bits per heavy atom. The molecule has 126 valence electrons. The zero-order valence-corrected chi connectivity index (χ0v) is 14.3. The lowest BCUT2D eigenvalue weighted by Crippen LogP contribution is -2.32. The quantitative estimate of drug-likeness (QED) is 0.810. The third kappa shape index (κ3) is 5.70. The van der Waals surface area contributed by atoms with Crippen LogP contribution in [0.15, 0.2) is 54.6 Å². The molecule has 0 saturated carbocycles. The van der Waals surface area contributed by atoms with Crippen LogP contribution < -0.4 is 10.6 Å². The summed E-state index contributed by atoms with van der Waals surface area (Å²) in [6.07, 6.45) is 0.549. The molecule has 24 heavy (non-hydrogen) atoms. The zero-order valence-electron chi connectivity index (χ0n) is 13.6. The number of hydrogen-bond acceptors (Lipinski definition) is 2. The molecule has 0 fully saturated rings. The van der Waals surface area contributed by atoms with Crippen molar-refractivity contribution in [3.8, 4) is 0 Å². The van der Waals surface area contributed by atoms with Crippen molar-refractivity contribution in [1.82, 2.24) is 10.6 Å². The first-order valence-corrected chi connectivity index (χ1v) is 8.28. The molecule has 0 bridgehead atoms. The van der Waals surface area contributed by atoms with Crippen molar-refractivity contribution in [2.75, 3.05) is 6.54 Å². The Hall–Kier alpha value is -2.33. The summed E-state index contributed by atoms with van der Waals surface area (Å²) in [5.41, 5.74) is 1.83. The van der Waals surface area contributed by atoms with Crippen LogP contribution in [0.3, 0.4) is 0 Å². The minimum absolute atomic E-state index is 0.0897. The topological polar surface area (TPSA) is 58.2 Å². The molecular weight excluding hydrogens is 324 g/mol. The number of amides is 2. The van der Waals surface area contributed by atoms with Gasteiger partial charge in [-0.15, -0.1) is 0 Å². The van der Waals surface area contributed by atoms with E-state index < -0.39 is 0 Å². The van der Waals surface area contributed by atoms with E-state index in [2.05, 4.69) is 10.6 Å². The lowest BCUT2D eigenvalue weighted by molar-refractivity contribution is -0.122. The largest absolute Gasteiger partial charge is 0.355 e. The number of rotatable bonds is 7. The van der Waals surface area contributed by atoms with Gasteiger partial charge in [-0.25, -0.2) is 0 Å². The molecule has 4 nitrogen and oxygen atoms in total. The van der Waals surface area contributed by atoms with Crippen molar-refractivity contribution in [3.63, 3.8) is 0 Å². The Kier molecular flexibility index (Phi) is 6.82. The molecule has 5 heteroatoms. The van der Waals surface area contributed by atoms with Crippen LogP contribution in [0.2, 0.25) is 5.02 Å². The Labute approximate surface area is 147 Å². The molecule has 2 aromatic rings. The Morgan fingerprint density at radius 2 is 1.67 bits per heavy atom. The fourth-order valence-corrected chi connectivity index (χ4v) is 2.68. The van der Waals surface area contributed by atoms with Gasteiger partial charge in [0.2, 0.25) is 11.8 Å². The normalized spacial score (nSPS) is 11.6. The van der Waals surface area contributed by atoms with Gasteiger partial charge in [0.1, 0.15) is 0 Å². The molecule has 1 atom stereocenters. The molecule has 0 aromatic heterocycles. The van der Waals surface area contributed by atoms with Gasteiger partial charge in [-0.1, -0.05) is 60.1 Å². The average molecular weight is 345 g/mol. The van der Waals surface area contributed by atoms with Crippen LogP contribution in [-0.4, -0.2) is 18.4 Å². The second-order valence-electron chi connectivity index (χ2n) is 5.57. The molecule has 2 rings (SSSR count). The lowest BCUT2D eigenvalue weighted by Gasteiger charge is -2.15. The molecule has 0 spiro atoms. The second-order valence-corrected chi connectivity index (χ2v) is 5.98. The van der Waals surface area contributed by atoms with E-state index in [1.54, 1.807) is 6.07 Å². The number of halogens is 1. The van der Waals surface area contributed by atoms with Crippen molar-refractivity contribution >= 4 is 23.4 Å². The van der Waals surface area contributed by atoms with E-state index >= 15 is 0 Å². The highest BCUT2D eigenvalue weighted by atomic mass is 35.5. The van der Waals surface area contributed by atoms with Gasteiger partial charge in [-0.2, -0.15) is 0 Å². The maximum Gasteiger partial charge on any atom is 0.224 e. The van der Waals surface area contributed by atoms with E-state index in [1.165, 1.54) is 0 Å². The van der Waals surface area contributed by atoms with Crippen LogP contribution in [-0.2, 0) is 16.0 Å². The molecule has 0 aliphatic rings. The van der Waals surface area contributed by atoms with Crippen LogP contribution >= 0.6 is 11.6 Å². The van der Waals surface area contributed by atoms with Crippen molar-refractivity contribution in [3.05, 3.63) is 70.7 Å². The van der Waals surface area contributed by atoms with Crippen LogP contribution in [0.25, 0.3) is 0 Å². The first-order valence-electron chi connectivity index (χ1n) is 7.90. The molecular formula is C19H21ClN2O2. The maximum absolute atomic E-state index is 12.0. The summed E-state index contributed by atoms with van der Waals surface area (Å²) >= 11 is 6.12. The predicted octanol–water partition coefficient (Wildman–Crippen LogP) is 3.27. The van der Waals surface area contributed by atoms with E-state index in [0.29, 0.717) is 18.0 Å². The molecule has 0 aliphatic heterocycles. The van der Waals surface area contributed by atoms with Crippen LogP contribution in [0.4, 0.5) is 0 Å². The highest BCUT2D eigenvalue weighted by Crippen LogP contribution is 2.21. The molecule has 0 saturated heterocycles. The van der Waals surface area contributed by atoms with Gasteiger partial charge >= 0.3 is 0 Å². The average Bonchev–Trinajstić information content (AvgIpc) is 2.56. The van der Waals surface area contributed by atoms with Crippen molar-refractivity contribution < 1.29 is 9.59 Å². The first-order chi connectivity index (χ1) is 11.6. The van der Waals surface area contributed by atoms with E-state index in [-0.39, 0.29) is 24.3 Å². The molecule has 0 aliphatic carbocycles. The molecule has 2 amide bonds. The summed E-state index contributed by atoms with van der Waals surface area (Å²) in [7, 11) is 0. The number of carbonyl (C=O) groups excluding carboxylic acids is 2. The molecule has 2 aromatic carbocycles. The minimum Gasteiger partial charge on any atom is -0.355 e. The highest BCUT2D eigenvalue weighted by Gasteiger charge is 2.12. The van der Waals surface area contributed by atoms with Crippen molar-refractivity contribution in [2.45, 2.75) is 25.8 Å². The molecule has 2 N–H and O–H groups in total. The summed E-state index contributed by atoms with van der Waals surface area (Å²) in [4.78, 5) is 23.8. The zero-order chi connectivity index (χ0) is 17.4. The number of nitrogens with one attached hydrogen (secondary N) is 2. The third-order valence-electron chi connectivity index (χ3n) is 3.63. The SMILES string of the molecule is CC(NC(=O)CCNC(=O)Cc1ccccc1)c1ccccc1Cl. The van der Waals surface area contributed by atoms with E-state index in [9.17, 15) is 9.59 Å². The fourth-order valence-electron chi connectivity index (χ4n) is 2.38. The highest BCUT2D eigenvalue weighted by molar-refractivity contribution is 6.31. The second kappa shape index (κ2) is 9.08. The van der Waals surface area contributed by atoms with Gasteiger partial charge in [0.05, 0.1) is 12.5 Å². The number of carbonyl (C=O) groups is 2. The van der Waals surface area contributed by atoms with Crippen LogP contribution in [0.1, 0.15) is 30.5 Å². The minimum atomic E-state index is -0.175. The molecule has 0 radical (unpaired) electrons. The van der Waals surface area contributed by atoms with E-state index in [4.69, 9.17) is 11.6 Å². The summed E-state index contributed by atoms with van der Waals surface area (Å²) < 4.78 is 0. The summed E-state index contributed by atoms with van der Waals surface area (Å²) in [6.45, 7) is 2.19. The number of hydrogen-bond donors (Lipinski definition) is 2. The van der Waals surface area contributed by atoms with Crippen molar-refractivity contribution in [2.24, 2.45) is 0 Å². The third-order valence-corrected chi connectivity index (χ3v) is 3.98. The molecule has 0 heterocycles. The van der Waals surface area contributed by atoms with Crippen LogP contribution in [0.5, 0.6) is 0 Å². The van der Waals surface area contributed by atoms with Gasteiger partial charge in [0.25, 0.3) is 0 Å². The van der Waals surface area contributed by atoms with E-state index in [1.807, 2.05) is 55.5 Å². The fraction of sp³-hybridized carbons (Fsp3) is 0.263. The summed E-state index contributed by atoms with van der Waals surface area (Å²) in [6, 6.07) is 16.7. The summed E-state index contributed by atoms with van der Waals surface area (Å²) in [5, 5.41) is 6.27. The van der Waals surface area contributed by atoms with Gasteiger partial charge in [-0.05, 0) is 24.1 Å².